The smallest absolute Gasteiger partial charge is 0.269 e. The van der Waals surface area contributed by atoms with Gasteiger partial charge in [-0.2, -0.15) is 5.26 Å². The topological polar surface area (TPSA) is 73.2 Å². The highest BCUT2D eigenvalue weighted by Crippen LogP contribution is 2.36. The third-order valence-corrected chi connectivity index (χ3v) is 5.32. The van der Waals surface area contributed by atoms with Crippen molar-refractivity contribution in [1.29, 1.82) is 5.26 Å². The van der Waals surface area contributed by atoms with Gasteiger partial charge in [-0.15, -0.1) is 0 Å². The summed E-state index contributed by atoms with van der Waals surface area (Å²) < 4.78 is 0. The second kappa shape index (κ2) is 7.68. The van der Waals surface area contributed by atoms with E-state index >= 15 is 0 Å². The van der Waals surface area contributed by atoms with Gasteiger partial charge in [0.05, 0.1) is 5.75 Å². The number of nitrogens with one attached hydrogen (secondary N) is 1. The number of aryl methyl sites for hydroxylation is 3. The molecule has 5 nitrogen and oxygen atoms in total. The van der Waals surface area contributed by atoms with Crippen LogP contribution in [-0.4, -0.2) is 17.6 Å². The largest absolute Gasteiger partial charge is 0.321 e. The molecular weight excluding hydrogens is 358 g/mol. The van der Waals surface area contributed by atoms with E-state index in [-0.39, 0.29) is 17.2 Å². The van der Waals surface area contributed by atoms with E-state index in [0.29, 0.717) is 16.4 Å². The van der Waals surface area contributed by atoms with Crippen LogP contribution in [0.1, 0.15) is 16.7 Å². The Morgan fingerprint density at radius 3 is 2.37 bits per heavy atom. The summed E-state index contributed by atoms with van der Waals surface area (Å²) in [5, 5.41) is 12.9. The maximum atomic E-state index is 12.9. The molecule has 2 amide bonds. The lowest BCUT2D eigenvalue weighted by molar-refractivity contribution is -0.115. The third-order valence-electron chi connectivity index (χ3n) is 4.27. The van der Waals surface area contributed by atoms with Crippen molar-refractivity contribution >= 4 is 35.0 Å². The predicted octanol–water partition coefficient (Wildman–Crippen LogP) is 4.07. The highest BCUT2D eigenvalue weighted by Gasteiger charge is 2.33. The van der Waals surface area contributed by atoms with Crippen LogP contribution in [0.4, 0.5) is 11.4 Å². The van der Waals surface area contributed by atoms with Crippen molar-refractivity contribution in [2.24, 2.45) is 0 Å². The Morgan fingerprint density at radius 1 is 1.15 bits per heavy atom. The normalized spacial score (nSPS) is 15.5. The molecule has 2 aromatic rings. The Hall–Kier alpha value is -3.04. The van der Waals surface area contributed by atoms with Crippen LogP contribution in [0.2, 0.25) is 0 Å². The van der Waals surface area contributed by atoms with E-state index in [2.05, 4.69) is 5.32 Å². The van der Waals surface area contributed by atoms with Gasteiger partial charge in [0.15, 0.2) is 0 Å². The van der Waals surface area contributed by atoms with Crippen LogP contribution in [0, 0.1) is 32.1 Å². The number of thioether (sulfide) groups is 1. The van der Waals surface area contributed by atoms with Crippen molar-refractivity contribution in [2.75, 3.05) is 16.0 Å². The molecule has 2 aromatic carbocycles. The van der Waals surface area contributed by atoms with Crippen molar-refractivity contribution in [2.45, 2.75) is 20.8 Å². The Morgan fingerprint density at radius 2 is 1.78 bits per heavy atom. The molecule has 0 aromatic heterocycles. The summed E-state index contributed by atoms with van der Waals surface area (Å²) in [6.45, 7) is 5.82. The molecular formula is C21H19N3O2S. The van der Waals surface area contributed by atoms with Crippen LogP contribution < -0.4 is 10.2 Å². The number of benzene rings is 2. The van der Waals surface area contributed by atoms with Crippen molar-refractivity contribution in [3.63, 3.8) is 0 Å². The van der Waals surface area contributed by atoms with Crippen LogP contribution in [-0.2, 0) is 9.59 Å². The molecule has 0 spiro atoms. The lowest BCUT2D eigenvalue weighted by atomic mass is 10.0. The average Bonchev–Trinajstić information content (AvgIpc) is 3.01. The van der Waals surface area contributed by atoms with E-state index < -0.39 is 5.91 Å². The van der Waals surface area contributed by atoms with Crippen molar-refractivity contribution in [1.82, 2.24) is 0 Å². The lowest BCUT2D eigenvalue weighted by Gasteiger charge is -2.19. The standard InChI is InChI=1S/C21H19N3O2S/c1-13-9-14(2)19(15(3)10-13)23-20(26)17(11-22)21-24(18(25)12-27-21)16-7-5-4-6-8-16/h4-10H,12H2,1-3H3,(H,23,26). The fourth-order valence-corrected chi connectivity index (χ4v) is 4.15. The molecule has 0 aliphatic carbocycles. The monoisotopic (exact) mass is 377 g/mol. The Balaban J connectivity index is 1.99. The van der Waals surface area contributed by atoms with Gasteiger partial charge in [0, 0.05) is 11.4 Å². The third kappa shape index (κ3) is 3.74. The molecule has 0 unspecified atom stereocenters. The van der Waals surface area contributed by atoms with Crippen LogP contribution >= 0.6 is 11.8 Å². The van der Waals surface area contributed by atoms with Crippen LogP contribution in [0.25, 0.3) is 0 Å². The van der Waals surface area contributed by atoms with E-state index in [9.17, 15) is 14.9 Å². The first-order chi connectivity index (χ1) is 12.9. The van der Waals surface area contributed by atoms with Gasteiger partial charge in [0.2, 0.25) is 5.91 Å². The van der Waals surface area contributed by atoms with E-state index in [1.54, 1.807) is 12.1 Å². The summed E-state index contributed by atoms with van der Waals surface area (Å²) in [5.74, 6) is -0.458. The number of nitrogens with zero attached hydrogens (tertiary/aromatic N) is 2. The van der Waals surface area contributed by atoms with Gasteiger partial charge in [0.25, 0.3) is 5.91 Å². The zero-order valence-electron chi connectivity index (χ0n) is 15.4. The molecule has 0 saturated carbocycles. The second-order valence-corrected chi connectivity index (χ2v) is 7.34. The molecule has 3 rings (SSSR count). The van der Waals surface area contributed by atoms with Gasteiger partial charge in [-0.25, -0.2) is 0 Å². The first-order valence-corrected chi connectivity index (χ1v) is 9.45. The minimum atomic E-state index is -0.509. The highest BCUT2D eigenvalue weighted by molar-refractivity contribution is 8.04. The quantitative estimate of drug-likeness (QED) is 0.646. The zero-order chi connectivity index (χ0) is 19.6. The van der Waals surface area contributed by atoms with Crippen LogP contribution in [0.5, 0.6) is 0 Å². The van der Waals surface area contributed by atoms with E-state index in [1.165, 1.54) is 16.7 Å². The van der Waals surface area contributed by atoms with Gasteiger partial charge < -0.3 is 5.32 Å². The Bertz CT molecular complexity index is 967. The van der Waals surface area contributed by atoms with Gasteiger partial charge >= 0.3 is 0 Å². The number of amides is 2. The SMILES string of the molecule is Cc1cc(C)c(NC(=O)C(C#N)=C2SCC(=O)N2c2ccccc2)c(C)c1. The molecule has 1 N–H and O–H groups in total. The van der Waals surface area contributed by atoms with E-state index in [4.69, 9.17) is 0 Å². The summed E-state index contributed by atoms with van der Waals surface area (Å²) in [5.41, 5.74) is 4.24. The Labute approximate surface area is 162 Å². The van der Waals surface area contributed by atoms with Crippen molar-refractivity contribution in [3.05, 3.63) is 69.8 Å². The number of anilines is 2. The van der Waals surface area contributed by atoms with Crippen LogP contribution in [0.3, 0.4) is 0 Å². The molecule has 136 valence electrons. The van der Waals surface area contributed by atoms with Gasteiger partial charge in [0.1, 0.15) is 16.7 Å². The molecule has 1 heterocycles. The minimum Gasteiger partial charge on any atom is -0.321 e. The fourth-order valence-electron chi connectivity index (χ4n) is 3.14. The molecule has 0 bridgehead atoms. The molecule has 27 heavy (non-hydrogen) atoms. The molecule has 0 radical (unpaired) electrons. The maximum absolute atomic E-state index is 12.9. The van der Waals surface area contributed by atoms with Gasteiger partial charge in [-0.3, -0.25) is 14.5 Å². The minimum absolute atomic E-state index is 0.0610. The second-order valence-electron chi connectivity index (χ2n) is 6.37. The number of rotatable bonds is 3. The van der Waals surface area contributed by atoms with Gasteiger partial charge in [-0.1, -0.05) is 47.7 Å². The van der Waals surface area contributed by atoms with E-state index in [1.807, 2.05) is 57.2 Å². The number of hydrogen-bond acceptors (Lipinski definition) is 4. The number of carbonyl (C=O) groups excluding carboxylic acids is 2. The molecule has 6 heteroatoms. The zero-order valence-corrected chi connectivity index (χ0v) is 16.2. The summed E-state index contributed by atoms with van der Waals surface area (Å²) >= 11 is 1.21. The molecule has 1 aliphatic heterocycles. The van der Waals surface area contributed by atoms with Gasteiger partial charge in [-0.05, 0) is 44.0 Å². The molecule has 1 aliphatic rings. The number of para-hydroxylation sites is 1. The first-order valence-electron chi connectivity index (χ1n) is 8.46. The molecule has 0 atom stereocenters. The van der Waals surface area contributed by atoms with Crippen LogP contribution in [0.15, 0.2) is 53.1 Å². The Kier molecular flexibility index (Phi) is 5.33. The summed E-state index contributed by atoms with van der Waals surface area (Å²) in [4.78, 5) is 26.7. The number of hydrogen-bond donors (Lipinski definition) is 1. The van der Waals surface area contributed by atoms with Crippen molar-refractivity contribution in [3.8, 4) is 6.07 Å². The molecule has 1 saturated heterocycles. The fraction of sp³-hybridized carbons (Fsp3) is 0.190. The van der Waals surface area contributed by atoms with E-state index in [0.717, 1.165) is 16.7 Å². The molecule has 1 fully saturated rings. The lowest BCUT2D eigenvalue weighted by Crippen LogP contribution is -2.27. The highest BCUT2D eigenvalue weighted by atomic mass is 32.2. The summed E-state index contributed by atoms with van der Waals surface area (Å²) in [6.07, 6.45) is 0. The summed E-state index contributed by atoms with van der Waals surface area (Å²) in [6, 6.07) is 15.0. The van der Waals surface area contributed by atoms with Crippen molar-refractivity contribution < 1.29 is 9.59 Å². The predicted molar refractivity (Wildman–Crippen MR) is 108 cm³/mol. The average molecular weight is 377 g/mol. The maximum Gasteiger partial charge on any atom is 0.269 e. The number of nitriles is 1. The number of carbonyl (C=O) groups is 2. The summed E-state index contributed by atoms with van der Waals surface area (Å²) in [7, 11) is 0. The first kappa shape index (κ1) is 18.7.